The lowest BCUT2D eigenvalue weighted by Crippen LogP contribution is -2.12. The number of nitro benzene ring substituents is 1. The largest absolute Gasteiger partial charge is 0.463 e. The number of benzene rings is 2. The Bertz CT molecular complexity index is 898. The lowest BCUT2D eigenvalue weighted by Gasteiger charge is -2.08. The van der Waals surface area contributed by atoms with Gasteiger partial charge in [-0.3, -0.25) is 14.9 Å². The fourth-order valence-electron chi connectivity index (χ4n) is 2.45. The highest BCUT2D eigenvalue weighted by atomic mass is 16.6. The summed E-state index contributed by atoms with van der Waals surface area (Å²) < 4.78 is 5.32. The number of carbonyl (C=O) groups is 1. The number of fused-ring (bicyclic) bond motifs is 1. The number of anilines is 1. The predicted molar refractivity (Wildman–Crippen MR) is 86.6 cm³/mol. The van der Waals surface area contributed by atoms with Gasteiger partial charge in [0, 0.05) is 23.2 Å². The quantitative estimate of drug-likeness (QED) is 0.579. The molecule has 1 heterocycles. The SMILES string of the molecule is CCc1ccccc1NC(=O)c1coc2ccc([N+](=O)[O-])cc12. The molecular weight excluding hydrogens is 296 g/mol. The number of hydrogen-bond acceptors (Lipinski definition) is 4. The van der Waals surface area contributed by atoms with Gasteiger partial charge < -0.3 is 9.73 Å². The van der Waals surface area contributed by atoms with Gasteiger partial charge in [-0.2, -0.15) is 0 Å². The number of nitrogens with zero attached hydrogens (tertiary/aromatic N) is 1. The Morgan fingerprint density at radius 1 is 1.26 bits per heavy atom. The van der Waals surface area contributed by atoms with Crippen LogP contribution in [0.2, 0.25) is 0 Å². The van der Waals surface area contributed by atoms with Crippen LogP contribution in [0.4, 0.5) is 11.4 Å². The van der Waals surface area contributed by atoms with Crippen molar-refractivity contribution in [3.05, 3.63) is 70.0 Å². The highest BCUT2D eigenvalue weighted by Crippen LogP contribution is 2.27. The maximum absolute atomic E-state index is 12.5. The molecule has 2 aromatic carbocycles. The molecule has 116 valence electrons. The molecule has 6 heteroatoms. The molecule has 0 atom stereocenters. The first-order valence-electron chi connectivity index (χ1n) is 7.15. The Balaban J connectivity index is 1.97. The summed E-state index contributed by atoms with van der Waals surface area (Å²) in [6.45, 7) is 2.00. The summed E-state index contributed by atoms with van der Waals surface area (Å²) in [5.74, 6) is -0.356. The second kappa shape index (κ2) is 5.92. The zero-order valence-corrected chi connectivity index (χ0v) is 12.4. The lowest BCUT2D eigenvalue weighted by molar-refractivity contribution is -0.384. The molecule has 1 amide bonds. The van der Waals surface area contributed by atoms with E-state index < -0.39 is 4.92 Å². The molecule has 3 aromatic rings. The van der Waals surface area contributed by atoms with Gasteiger partial charge in [0.05, 0.1) is 10.5 Å². The highest BCUT2D eigenvalue weighted by molar-refractivity contribution is 6.12. The van der Waals surface area contributed by atoms with Crippen molar-refractivity contribution >= 4 is 28.3 Å². The van der Waals surface area contributed by atoms with Gasteiger partial charge in [-0.05, 0) is 24.1 Å². The lowest BCUT2D eigenvalue weighted by atomic mass is 10.1. The van der Waals surface area contributed by atoms with Crippen LogP contribution in [-0.2, 0) is 6.42 Å². The molecule has 0 fully saturated rings. The number of nitrogens with one attached hydrogen (secondary N) is 1. The third kappa shape index (κ3) is 2.78. The molecule has 0 aliphatic heterocycles. The molecule has 0 spiro atoms. The van der Waals surface area contributed by atoms with E-state index in [-0.39, 0.29) is 17.2 Å². The van der Waals surface area contributed by atoms with Gasteiger partial charge in [-0.15, -0.1) is 0 Å². The fourth-order valence-corrected chi connectivity index (χ4v) is 2.45. The molecular formula is C17H14N2O4. The third-order valence-corrected chi connectivity index (χ3v) is 3.66. The number of aryl methyl sites for hydroxylation is 1. The highest BCUT2D eigenvalue weighted by Gasteiger charge is 2.17. The minimum Gasteiger partial charge on any atom is -0.463 e. The van der Waals surface area contributed by atoms with Crippen LogP contribution < -0.4 is 5.32 Å². The number of nitro groups is 1. The minimum absolute atomic E-state index is 0.0816. The van der Waals surface area contributed by atoms with Crippen molar-refractivity contribution in [1.29, 1.82) is 0 Å². The number of non-ortho nitro benzene ring substituents is 1. The van der Waals surface area contributed by atoms with E-state index in [4.69, 9.17) is 4.42 Å². The fraction of sp³-hybridized carbons (Fsp3) is 0.118. The first-order valence-corrected chi connectivity index (χ1v) is 7.15. The second-order valence-electron chi connectivity index (χ2n) is 5.05. The van der Waals surface area contributed by atoms with Gasteiger partial charge in [0.25, 0.3) is 11.6 Å². The number of amides is 1. The van der Waals surface area contributed by atoms with E-state index in [9.17, 15) is 14.9 Å². The maximum Gasteiger partial charge on any atom is 0.270 e. The average Bonchev–Trinajstić information content (AvgIpc) is 2.98. The van der Waals surface area contributed by atoms with Crippen molar-refractivity contribution in [2.24, 2.45) is 0 Å². The molecule has 6 nitrogen and oxygen atoms in total. The Kier molecular flexibility index (Phi) is 3.80. The number of hydrogen-bond donors (Lipinski definition) is 1. The third-order valence-electron chi connectivity index (χ3n) is 3.66. The molecule has 0 radical (unpaired) electrons. The summed E-state index contributed by atoms with van der Waals surface area (Å²) in [7, 11) is 0. The van der Waals surface area contributed by atoms with E-state index in [1.165, 1.54) is 24.5 Å². The first-order chi connectivity index (χ1) is 11.1. The van der Waals surface area contributed by atoms with Crippen LogP contribution in [0.5, 0.6) is 0 Å². The van der Waals surface area contributed by atoms with Crippen molar-refractivity contribution in [1.82, 2.24) is 0 Å². The van der Waals surface area contributed by atoms with Crippen molar-refractivity contribution in [3.8, 4) is 0 Å². The summed E-state index contributed by atoms with van der Waals surface area (Å²) in [5, 5.41) is 14.2. The summed E-state index contributed by atoms with van der Waals surface area (Å²) >= 11 is 0. The molecule has 23 heavy (non-hydrogen) atoms. The molecule has 3 rings (SSSR count). The van der Waals surface area contributed by atoms with Gasteiger partial charge in [-0.25, -0.2) is 0 Å². The molecule has 0 bridgehead atoms. The van der Waals surface area contributed by atoms with Crippen molar-refractivity contribution in [2.75, 3.05) is 5.32 Å². The number of rotatable bonds is 4. The van der Waals surface area contributed by atoms with Crippen LogP contribution in [0.1, 0.15) is 22.8 Å². The van der Waals surface area contributed by atoms with Crippen molar-refractivity contribution in [3.63, 3.8) is 0 Å². The number of furan rings is 1. The van der Waals surface area contributed by atoms with E-state index >= 15 is 0 Å². The van der Waals surface area contributed by atoms with E-state index in [1.54, 1.807) is 0 Å². The molecule has 0 unspecified atom stereocenters. The van der Waals surface area contributed by atoms with Crippen LogP contribution in [0.25, 0.3) is 11.0 Å². The zero-order chi connectivity index (χ0) is 16.4. The van der Waals surface area contributed by atoms with Gasteiger partial charge in [0.15, 0.2) is 0 Å². The summed E-state index contributed by atoms with van der Waals surface area (Å²) in [6.07, 6.45) is 2.10. The standard InChI is InChI=1S/C17H14N2O4/c1-2-11-5-3-4-6-15(11)18-17(20)14-10-23-16-8-7-12(19(21)22)9-13(14)16/h3-10H,2H2,1H3,(H,18,20). The normalized spacial score (nSPS) is 10.7. The van der Waals surface area contributed by atoms with Crippen molar-refractivity contribution in [2.45, 2.75) is 13.3 Å². The Morgan fingerprint density at radius 2 is 2.04 bits per heavy atom. The first kappa shape index (κ1) is 14.8. The Labute approximate surface area is 131 Å². The number of para-hydroxylation sites is 1. The van der Waals surface area contributed by atoms with Crippen LogP contribution in [0.15, 0.2) is 53.1 Å². The molecule has 1 N–H and O–H groups in total. The predicted octanol–water partition coefficient (Wildman–Crippen LogP) is 4.16. The second-order valence-corrected chi connectivity index (χ2v) is 5.05. The van der Waals surface area contributed by atoms with E-state index in [0.29, 0.717) is 11.0 Å². The smallest absolute Gasteiger partial charge is 0.270 e. The molecule has 1 aromatic heterocycles. The van der Waals surface area contributed by atoms with Crippen LogP contribution in [0, 0.1) is 10.1 Å². The van der Waals surface area contributed by atoms with E-state index in [1.807, 2.05) is 31.2 Å². The topological polar surface area (TPSA) is 85.4 Å². The monoisotopic (exact) mass is 310 g/mol. The Hall–Kier alpha value is -3.15. The van der Waals surface area contributed by atoms with Gasteiger partial charge in [0.2, 0.25) is 0 Å². The molecule has 0 saturated carbocycles. The minimum atomic E-state index is -0.499. The average molecular weight is 310 g/mol. The molecule has 0 aliphatic rings. The maximum atomic E-state index is 12.5. The van der Waals surface area contributed by atoms with E-state index in [0.717, 1.165) is 17.7 Å². The van der Waals surface area contributed by atoms with E-state index in [2.05, 4.69) is 5.32 Å². The van der Waals surface area contributed by atoms with Crippen molar-refractivity contribution < 1.29 is 14.1 Å². The number of carbonyl (C=O) groups excluding carboxylic acids is 1. The molecule has 0 aliphatic carbocycles. The zero-order valence-electron chi connectivity index (χ0n) is 12.4. The summed E-state index contributed by atoms with van der Waals surface area (Å²) in [5.41, 5.74) is 2.36. The summed E-state index contributed by atoms with van der Waals surface area (Å²) in [4.78, 5) is 22.9. The van der Waals surface area contributed by atoms with Crippen LogP contribution in [-0.4, -0.2) is 10.8 Å². The van der Waals surface area contributed by atoms with Gasteiger partial charge in [-0.1, -0.05) is 25.1 Å². The van der Waals surface area contributed by atoms with Crippen LogP contribution >= 0.6 is 0 Å². The van der Waals surface area contributed by atoms with Gasteiger partial charge >= 0.3 is 0 Å². The van der Waals surface area contributed by atoms with Gasteiger partial charge in [0.1, 0.15) is 11.8 Å². The molecule has 0 saturated heterocycles. The Morgan fingerprint density at radius 3 is 2.78 bits per heavy atom. The van der Waals surface area contributed by atoms with Crippen LogP contribution in [0.3, 0.4) is 0 Å². The summed E-state index contributed by atoms with van der Waals surface area (Å²) in [6, 6.07) is 11.7.